The van der Waals surface area contributed by atoms with Gasteiger partial charge in [0, 0.05) is 12.6 Å². The highest BCUT2D eigenvalue weighted by Crippen LogP contribution is 2.22. The highest BCUT2D eigenvalue weighted by atomic mass is 16.4. The maximum Gasteiger partial charge on any atom is 0.305 e. The van der Waals surface area contributed by atoms with Gasteiger partial charge in [-0.2, -0.15) is 0 Å². The number of aliphatic carboxylic acids is 1. The van der Waals surface area contributed by atoms with Gasteiger partial charge in [-0.3, -0.25) is 9.59 Å². The van der Waals surface area contributed by atoms with Crippen molar-refractivity contribution in [2.24, 2.45) is 0 Å². The van der Waals surface area contributed by atoms with Crippen molar-refractivity contribution >= 4 is 11.9 Å². The first-order valence-electron chi connectivity index (χ1n) is 6.35. The van der Waals surface area contributed by atoms with Crippen molar-refractivity contribution in [2.45, 2.75) is 31.7 Å². The summed E-state index contributed by atoms with van der Waals surface area (Å²) in [5, 5.41) is 18.2. The Labute approximate surface area is 111 Å². The number of hydrogen-bond donors (Lipinski definition) is 2. The molecule has 1 unspecified atom stereocenters. The van der Waals surface area contributed by atoms with Gasteiger partial charge in [0.25, 0.3) is 0 Å². The lowest BCUT2D eigenvalue weighted by molar-refractivity contribution is -0.139. The van der Waals surface area contributed by atoms with Crippen LogP contribution in [0, 0.1) is 0 Å². The average Bonchev–Trinajstić information content (AvgIpc) is 2.76. The van der Waals surface area contributed by atoms with Gasteiger partial charge in [0.15, 0.2) is 0 Å². The molecule has 0 saturated carbocycles. The van der Waals surface area contributed by atoms with E-state index in [0.29, 0.717) is 6.54 Å². The van der Waals surface area contributed by atoms with Crippen molar-refractivity contribution in [3.63, 3.8) is 0 Å². The first-order valence-corrected chi connectivity index (χ1v) is 6.35. The number of phenols is 1. The van der Waals surface area contributed by atoms with Gasteiger partial charge in [-0.05, 0) is 30.5 Å². The number of amides is 1. The van der Waals surface area contributed by atoms with Gasteiger partial charge in [0.1, 0.15) is 5.75 Å². The second-order valence-corrected chi connectivity index (χ2v) is 4.83. The van der Waals surface area contributed by atoms with Crippen LogP contribution in [0.1, 0.15) is 24.8 Å². The number of phenolic OH excluding ortho intramolecular Hbond substituents is 1. The second-order valence-electron chi connectivity index (χ2n) is 4.83. The number of nitrogens with zero attached hydrogens (tertiary/aromatic N) is 1. The minimum Gasteiger partial charge on any atom is -0.508 e. The molecule has 1 saturated heterocycles. The molecule has 0 aromatic heterocycles. The molecule has 1 heterocycles. The number of carbonyl (C=O) groups excluding carboxylic acids is 1. The Bertz CT molecular complexity index is 486. The monoisotopic (exact) mass is 263 g/mol. The molecule has 1 atom stereocenters. The molecule has 19 heavy (non-hydrogen) atoms. The first kappa shape index (κ1) is 13.4. The maximum absolute atomic E-state index is 12.2. The minimum absolute atomic E-state index is 0.00573. The summed E-state index contributed by atoms with van der Waals surface area (Å²) in [7, 11) is 0. The van der Waals surface area contributed by atoms with E-state index in [1.165, 1.54) is 0 Å². The number of carboxylic acid groups (broad SMARTS) is 1. The predicted molar refractivity (Wildman–Crippen MR) is 68.8 cm³/mol. The summed E-state index contributed by atoms with van der Waals surface area (Å²) in [4.78, 5) is 24.6. The molecule has 0 radical (unpaired) electrons. The van der Waals surface area contributed by atoms with Crippen LogP contribution < -0.4 is 0 Å². The summed E-state index contributed by atoms with van der Waals surface area (Å²) in [6.45, 7) is 0.621. The van der Waals surface area contributed by atoms with Crippen LogP contribution in [0.4, 0.5) is 0 Å². The topological polar surface area (TPSA) is 77.8 Å². The molecule has 1 aliphatic rings. The van der Waals surface area contributed by atoms with Crippen molar-refractivity contribution in [1.29, 1.82) is 0 Å². The standard InChI is InChI=1S/C14H17NO4/c16-12-5-1-3-10(7-12)8-13(17)15-6-2-4-11(15)9-14(18)19/h1,3,5,7,11,16H,2,4,6,8-9H2,(H,18,19). The van der Waals surface area contributed by atoms with Crippen LogP contribution in [0.5, 0.6) is 5.75 Å². The van der Waals surface area contributed by atoms with Crippen molar-refractivity contribution in [2.75, 3.05) is 6.54 Å². The van der Waals surface area contributed by atoms with Crippen LogP contribution in [0.15, 0.2) is 24.3 Å². The molecule has 0 spiro atoms. The zero-order chi connectivity index (χ0) is 13.8. The Kier molecular flexibility index (Phi) is 4.04. The molecule has 1 amide bonds. The molecule has 1 aromatic carbocycles. The van der Waals surface area contributed by atoms with Gasteiger partial charge >= 0.3 is 5.97 Å². The molecule has 0 bridgehead atoms. The third kappa shape index (κ3) is 3.47. The fourth-order valence-corrected chi connectivity index (χ4v) is 2.52. The zero-order valence-electron chi connectivity index (χ0n) is 10.6. The third-order valence-corrected chi connectivity index (χ3v) is 3.37. The van der Waals surface area contributed by atoms with Crippen molar-refractivity contribution in [1.82, 2.24) is 4.90 Å². The van der Waals surface area contributed by atoms with E-state index in [4.69, 9.17) is 5.11 Å². The molecule has 0 aliphatic carbocycles. The summed E-state index contributed by atoms with van der Waals surface area (Å²) < 4.78 is 0. The lowest BCUT2D eigenvalue weighted by atomic mass is 10.1. The number of benzene rings is 1. The summed E-state index contributed by atoms with van der Waals surface area (Å²) in [6, 6.07) is 6.38. The number of aromatic hydroxyl groups is 1. The Morgan fingerprint density at radius 1 is 1.37 bits per heavy atom. The predicted octanol–water partition coefficient (Wildman–Crippen LogP) is 1.40. The van der Waals surface area contributed by atoms with Crippen molar-refractivity contribution in [3.05, 3.63) is 29.8 Å². The molecule has 1 aromatic rings. The van der Waals surface area contributed by atoms with Gasteiger partial charge in [-0.1, -0.05) is 12.1 Å². The van der Waals surface area contributed by atoms with Gasteiger partial charge in [-0.25, -0.2) is 0 Å². The van der Waals surface area contributed by atoms with Crippen LogP contribution in [-0.2, 0) is 16.0 Å². The Balaban J connectivity index is 2.01. The molecule has 102 valence electrons. The molecule has 5 heteroatoms. The largest absolute Gasteiger partial charge is 0.508 e. The lowest BCUT2D eigenvalue weighted by Crippen LogP contribution is -2.37. The van der Waals surface area contributed by atoms with Gasteiger partial charge in [-0.15, -0.1) is 0 Å². The SMILES string of the molecule is O=C(O)CC1CCCN1C(=O)Cc1cccc(O)c1. The third-order valence-electron chi connectivity index (χ3n) is 3.37. The van der Waals surface area contributed by atoms with Gasteiger partial charge in [0.2, 0.25) is 5.91 Å². The smallest absolute Gasteiger partial charge is 0.305 e. The fourth-order valence-electron chi connectivity index (χ4n) is 2.52. The number of carbonyl (C=O) groups is 2. The van der Waals surface area contributed by atoms with Crippen molar-refractivity contribution in [3.8, 4) is 5.75 Å². The zero-order valence-corrected chi connectivity index (χ0v) is 10.6. The lowest BCUT2D eigenvalue weighted by Gasteiger charge is -2.23. The molecular formula is C14H17NO4. The normalized spacial score (nSPS) is 18.5. The first-order chi connectivity index (χ1) is 9.06. The van der Waals surface area contributed by atoms with Crippen LogP contribution in [0.25, 0.3) is 0 Å². The highest BCUT2D eigenvalue weighted by molar-refractivity contribution is 5.80. The van der Waals surface area contributed by atoms with Crippen molar-refractivity contribution < 1.29 is 19.8 Å². The fraction of sp³-hybridized carbons (Fsp3) is 0.429. The summed E-state index contributed by atoms with van der Waals surface area (Å²) in [5.41, 5.74) is 0.742. The minimum atomic E-state index is -0.873. The quantitative estimate of drug-likeness (QED) is 0.860. The van der Waals surface area contributed by atoms with E-state index in [2.05, 4.69) is 0 Å². The summed E-state index contributed by atoms with van der Waals surface area (Å²) in [5.74, 6) is -0.815. The Morgan fingerprint density at radius 3 is 2.84 bits per heavy atom. The van der Waals surface area contributed by atoms with Gasteiger partial charge < -0.3 is 15.1 Å². The molecule has 2 rings (SSSR count). The number of rotatable bonds is 4. The average molecular weight is 263 g/mol. The number of hydrogen-bond acceptors (Lipinski definition) is 3. The van der Waals surface area contributed by atoms with E-state index >= 15 is 0 Å². The molecule has 2 N–H and O–H groups in total. The highest BCUT2D eigenvalue weighted by Gasteiger charge is 2.30. The van der Waals surface area contributed by atoms with Crippen LogP contribution in [0.2, 0.25) is 0 Å². The summed E-state index contributed by atoms with van der Waals surface area (Å²) in [6.07, 6.45) is 1.80. The van der Waals surface area contributed by atoms with E-state index in [1.54, 1.807) is 29.2 Å². The number of carboxylic acids is 1. The van der Waals surface area contributed by atoms with Gasteiger partial charge in [0.05, 0.1) is 12.8 Å². The molecular weight excluding hydrogens is 246 g/mol. The summed E-state index contributed by atoms with van der Waals surface area (Å²) >= 11 is 0. The molecule has 1 aliphatic heterocycles. The van der Waals surface area contributed by atoms with E-state index in [9.17, 15) is 14.7 Å². The second kappa shape index (κ2) is 5.73. The van der Waals surface area contributed by atoms with E-state index in [0.717, 1.165) is 18.4 Å². The van der Waals surface area contributed by atoms with Crippen LogP contribution >= 0.6 is 0 Å². The maximum atomic E-state index is 12.2. The Morgan fingerprint density at radius 2 is 2.16 bits per heavy atom. The molecule has 5 nitrogen and oxygen atoms in total. The Hall–Kier alpha value is -2.04. The number of likely N-dealkylation sites (tertiary alicyclic amines) is 1. The van der Waals surface area contributed by atoms with Crippen LogP contribution in [0.3, 0.4) is 0 Å². The van der Waals surface area contributed by atoms with E-state index in [-0.39, 0.29) is 30.5 Å². The molecule has 1 fully saturated rings. The van der Waals surface area contributed by atoms with E-state index < -0.39 is 5.97 Å². The van der Waals surface area contributed by atoms with Crippen LogP contribution in [-0.4, -0.2) is 39.6 Å². The van der Waals surface area contributed by atoms with E-state index in [1.807, 2.05) is 0 Å².